The molecule has 1 heterocycles. The predicted octanol–water partition coefficient (Wildman–Crippen LogP) is 2.92. The van der Waals surface area contributed by atoms with Crippen LogP contribution in [0.4, 0.5) is 0 Å². The minimum atomic E-state index is 0.700. The molecule has 1 aromatic rings. The van der Waals surface area contributed by atoms with Crippen LogP contribution in [0.5, 0.6) is 5.75 Å². The summed E-state index contributed by atoms with van der Waals surface area (Å²) in [6.45, 7) is 4.88. The summed E-state index contributed by atoms with van der Waals surface area (Å²) in [5.74, 6) is 0.829. The van der Waals surface area contributed by atoms with Crippen molar-refractivity contribution in [1.29, 1.82) is 0 Å². The van der Waals surface area contributed by atoms with Gasteiger partial charge in [-0.05, 0) is 39.0 Å². The molecule has 1 fully saturated rings. The summed E-state index contributed by atoms with van der Waals surface area (Å²) in [7, 11) is 1.93. The second-order valence-corrected chi connectivity index (χ2v) is 5.42. The van der Waals surface area contributed by atoms with Crippen LogP contribution in [0.25, 0.3) is 0 Å². The van der Waals surface area contributed by atoms with Crippen molar-refractivity contribution in [3.05, 3.63) is 28.8 Å². The van der Waals surface area contributed by atoms with Crippen molar-refractivity contribution in [2.24, 2.45) is 0 Å². The zero-order valence-corrected chi connectivity index (χ0v) is 12.4. The van der Waals surface area contributed by atoms with E-state index in [4.69, 9.17) is 16.3 Å². The Morgan fingerprint density at radius 3 is 2.79 bits per heavy atom. The number of nitrogens with zero attached hydrogens (tertiary/aromatic N) is 1. The molecule has 3 nitrogen and oxygen atoms in total. The molecular formula is C15H23ClN2O. The Morgan fingerprint density at radius 2 is 2.05 bits per heavy atom. The molecule has 0 aliphatic carbocycles. The number of ether oxygens (including phenoxy) is 1. The molecule has 1 N–H and O–H groups in total. The van der Waals surface area contributed by atoms with Crippen molar-refractivity contribution in [2.45, 2.75) is 25.8 Å². The number of piperidine rings is 1. The monoisotopic (exact) mass is 282 g/mol. The molecule has 1 aromatic carbocycles. The van der Waals surface area contributed by atoms with Gasteiger partial charge in [0.15, 0.2) is 0 Å². The van der Waals surface area contributed by atoms with Crippen LogP contribution in [-0.4, -0.2) is 38.2 Å². The minimum Gasteiger partial charge on any atom is -0.490 e. The van der Waals surface area contributed by atoms with Gasteiger partial charge in [0.1, 0.15) is 12.4 Å². The maximum Gasteiger partial charge on any atom is 0.142 e. The van der Waals surface area contributed by atoms with Crippen molar-refractivity contribution >= 4 is 11.6 Å². The largest absolute Gasteiger partial charge is 0.490 e. The molecule has 0 unspecified atom stereocenters. The summed E-state index contributed by atoms with van der Waals surface area (Å²) in [5, 5.41) is 3.84. The van der Waals surface area contributed by atoms with Crippen LogP contribution in [0.1, 0.15) is 24.8 Å². The van der Waals surface area contributed by atoms with Crippen molar-refractivity contribution in [2.75, 3.05) is 33.3 Å². The highest BCUT2D eigenvalue weighted by Gasteiger charge is 2.11. The van der Waals surface area contributed by atoms with E-state index >= 15 is 0 Å². The van der Waals surface area contributed by atoms with E-state index in [1.54, 1.807) is 0 Å². The second-order valence-electron chi connectivity index (χ2n) is 5.01. The molecule has 0 amide bonds. The fourth-order valence-corrected chi connectivity index (χ4v) is 2.75. The topological polar surface area (TPSA) is 24.5 Å². The Labute approximate surface area is 120 Å². The van der Waals surface area contributed by atoms with E-state index in [0.717, 1.165) is 24.4 Å². The fourth-order valence-electron chi connectivity index (χ4n) is 2.50. The van der Waals surface area contributed by atoms with Gasteiger partial charge >= 0.3 is 0 Å². The van der Waals surface area contributed by atoms with Gasteiger partial charge in [-0.15, -0.1) is 0 Å². The highest BCUT2D eigenvalue weighted by Crippen LogP contribution is 2.28. The Hall–Kier alpha value is -0.770. The molecule has 2 rings (SSSR count). The standard InChI is InChI=1S/C15H23ClN2O/c1-17-12-13-6-5-7-14(16)15(13)19-11-10-18-8-3-2-4-9-18/h5-7,17H,2-4,8-12H2,1H3. The van der Waals surface area contributed by atoms with Crippen molar-refractivity contribution in [3.8, 4) is 5.75 Å². The van der Waals surface area contributed by atoms with Crippen molar-refractivity contribution in [3.63, 3.8) is 0 Å². The number of hydrogen-bond acceptors (Lipinski definition) is 3. The third-order valence-electron chi connectivity index (χ3n) is 3.52. The first-order valence-electron chi connectivity index (χ1n) is 7.08. The van der Waals surface area contributed by atoms with Crippen molar-refractivity contribution in [1.82, 2.24) is 10.2 Å². The molecule has 0 radical (unpaired) electrons. The molecule has 1 aliphatic heterocycles. The van der Waals surface area contributed by atoms with Gasteiger partial charge in [-0.1, -0.05) is 30.2 Å². The Bertz CT molecular complexity index is 392. The summed E-state index contributed by atoms with van der Waals surface area (Å²) in [6.07, 6.45) is 4.00. The van der Waals surface area contributed by atoms with Crippen LogP contribution in [0.2, 0.25) is 5.02 Å². The number of likely N-dealkylation sites (tertiary alicyclic amines) is 1. The van der Waals surface area contributed by atoms with Crippen LogP contribution in [0.3, 0.4) is 0 Å². The SMILES string of the molecule is CNCc1cccc(Cl)c1OCCN1CCCCC1. The molecule has 0 aromatic heterocycles. The molecule has 0 atom stereocenters. The van der Waals surface area contributed by atoms with Gasteiger partial charge < -0.3 is 10.1 Å². The van der Waals surface area contributed by atoms with Gasteiger partial charge in [0.05, 0.1) is 5.02 Å². The highest BCUT2D eigenvalue weighted by atomic mass is 35.5. The number of benzene rings is 1. The number of nitrogens with one attached hydrogen (secondary N) is 1. The van der Waals surface area contributed by atoms with Gasteiger partial charge in [-0.3, -0.25) is 4.90 Å². The van der Waals surface area contributed by atoms with E-state index in [0.29, 0.717) is 11.6 Å². The van der Waals surface area contributed by atoms with Gasteiger partial charge in [-0.25, -0.2) is 0 Å². The van der Waals surface area contributed by atoms with Crippen LogP contribution < -0.4 is 10.1 Å². The van der Waals surface area contributed by atoms with Crippen molar-refractivity contribution < 1.29 is 4.74 Å². The number of rotatable bonds is 6. The van der Waals surface area contributed by atoms with Gasteiger partial charge in [-0.2, -0.15) is 0 Å². The molecule has 0 spiro atoms. The third-order valence-corrected chi connectivity index (χ3v) is 3.82. The molecule has 1 aliphatic rings. The van der Waals surface area contributed by atoms with E-state index in [1.807, 2.05) is 19.2 Å². The summed E-state index contributed by atoms with van der Waals surface area (Å²) < 4.78 is 5.91. The number of para-hydroxylation sites is 1. The molecule has 19 heavy (non-hydrogen) atoms. The first kappa shape index (κ1) is 14.6. The van der Waals surface area contributed by atoms with E-state index in [9.17, 15) is 0 Å². The lowest BCUT2D eigenvalue weighted by molar-refractivity contribution is 0.182. The van der Waals surface area contributed by atoms with Gasteiger partial charge in [0.25, 0.3) is 0 Å². The first-order valence-corrected chi connectivity index (χ1v) is 7.46. The molecular weight excluding hydrogens is 260 g/mol. The average molecular weight is 283 g/mol. The molecule has 1 saturated heterocycles. The zero-order chi connectivity index (χ0) is 13.5. The van der Waals surface area contributed by atoms with Crippen LogP contribution >= 0.6 is 11.6 Å². The maximum absolute atomic E-state index is 6.22. The smallest absolute Gasteiger partial charge is 0.142 e. The van der Waals surface area contributed by atoms with Gasteiger partial charge in [0.2, 0.25) is 0 Å². The average Bonchev–Trinajstić information content (AvgIpc) is 2.43. The maximum atomic E-state index is 6.22. The van der Waals surface area contributed by atoms with E-state index in [1.165, 1.54) is 32.4 Å². The molecule has 4 heteroatoms. The highest BCUT2D eigenvalue weighted by molar-refractivity contribution is 6.32. The van der Waals surface area contributed by atoms with Gasteiger partial charge in [0, 0.05) is 18.7 Å². The fraction of sp³-hybridized carbons (Fsp3) is 0.600. The lowest BCUT2D eigenvalue weighted by Crippen LogP contribution is -2.33. The second kappa shape index (κ2) is 7.73. The summed E-state index contributed by atoms with van der Waals surface area (Å²) in [4.78, 5) is 2.47. The van der Waals surface area contributed by atoms with Crippen LogP contribution in [-0.2, 0) is 6.54 Å². The molecule has 106 valence electrons. The first-order chi connectivity index (χ1) is 9.31. The minimum absolute atomic E-state index is 0.700. The third kappa shape index (κ3) is 4.37. The zero-order valence-electron chi connectivity index (χ0n) is 11.6. The summed E-state index contributed by atoms with van der Waals surface area (Å²) >= 11 is 6.22. The Kier molecular flexibility index (Phi) is 5.95. The number of halogens is 1. The van der Waals surface area contributed by atoms with E-state index < -0.39 is 0 Å². The summed E-state index contributed by atoms with van der Waals surface area (Å²) in [5.41, 5.74) is 1.12. The lowest BCUT2D eigenvalue weighted by Gasteiger charge is -2.26. The quantitative estimate of drug-likeness (QED) is 0.868. The van der Waals surface area contributed by atoms with Crippen LogP contribution in [0.15, 0.2) is 18.2 Å². The van der Waals surface area contributed by atoms with E-state index in [2.05, 4.69) is 16.3 Å². The number of hydrogen-bond donors (Lipinski definition) is 1. The van der Waals surface area contributed by atoms with Crippen LogP contribution in [0, 0.1) is 0 Å². The predicted molar refractivity (Wildman–Crippen MR) is 80.0 cm³/mol. The Balaban J connectivity index is 1.87. The summed E-state index contributed by atoms with van der Waals surface area (Å²) in [6, 6.07) is 5.90. The lowest BCUT2D eigenvalue weighted by atomic mass is 10.1. The normalized spacial score (nSPS) is 16.5. The molecule has 0 bridgehead atoms. The van der Waals surface area contributed by atoms with E-state index in [-0.39, 0.29) is 0 Å². The molecule has 0 saturated carbocycles. The Morgan fingerprint density at radius 1 is 1.26 bits per heavy atom.